The molecule has 0 spiro atoms. The zero-order chi connectivity index (χ0) is 19.7. The van der Waals surface area contributed by atoms with Crippen molar-refractivity contribution in [2.24, 2.45) is 5.73 Å². The van der Waals surface area contributed by atoms with Gasteiger partial charge in [0.2, 0.25) is 0 Å². The van der Waals surface area contributed by atoms with Gasteiger partial charge in [-0.15, -0.1) is 24.8 Å². The van der Waals surface area contributed by atoms with Gasteiger partial charge in [-0.1, -0.05) is 18.2 Å². The van der Waals surface area contributed by atoms with E-state index in [0.29, 0.717) is 36.8 Å². The minimum Gasteiger partial charge on any atom is -0.486 e. The van der Waals surface area contributed by atoms with Crippen LogP contribution >= 0.6 is 24.8 Å². The highest BCUT2D eigenvalue weighted by atomic mass is 35.5. The van der Waals surface area contributed by atoms with Crippen LogP contribution in [0.1, 0.15) is 24.2 Å². The second kappa shape index (κ2) is 9.51. The summed E-state index contributed by atoms with van der Waals surface area (Å²) in [6, 6.07) is 15.1. The first-order chi connectivity index (χ1) is 13.4. The third-order valence-corrected chi connectivity index (χ3v) is 4.50. The van der Waals surface area contributed by atoms with Crippen LogP contribution in [0.4, 0.5) is 0 Å². The molecule has 1 aromatic heterocycles. The molecular formula is C22H25Cl2N3O3. The van der Waals surface area contributed by atoms with Gasteiger partial charge in [0.25, 0.3) is 5.91 Å². The van der Waals surface area contributed by atoms with Gasteiger partial charge in [0, 0.05) is 23.0 Å². The summed E-state index contributed by atoms with van der Waals surface area (Å²) in [4.78, 5) is 17.6. The molecule has 6 nitrogen and oxygen atoms in total. The number of nitrogens with one attached hydrogen (secondary N) is 1. The molecule has 160 valence electrons. The number of fused-ring (bicyclic) bond motifs is 2. The fraction of sp³-hybridized carbons (Fsp3) is 0.273. The minimum atomic E-state index is -0.489. The Labute approximate surface area is 188 Å². The van der Waals surface area contributed by atoms with Crippen LogP contribution in [0.3, 0.4) is 0 Å². The molecule has 0 fully saturated rings. The molecule has 1 amide bonds. The maximum atomic E-state index is 12.9. The van der Waals surface area contributed by atoms with E-state index in [-0.39, 0.29) is 30.7 Å². The predicted molar refractivity (Wildman–Crippen MR) is 123 cm³/mol. The van der Waals surface area contributed by atoms with Gasteiger partial charge in [-0.2, -0.15) is 0 Å². The van der Waals surface area contributed by atoms with Crippen molar-refractivity contribution in [1.29, 1.82) is 0 Å². The number of carbonyl (C=O) groups is 1. The summed E-state index contributed by atoms with van der Waals surface area (Å²) in [5, 5.41) is 3.73. The number of amides is 1. The quantitative estimate of drug-likeness (QED) is 0.628. The highest BCUT2D eigenvalue weighted by Crippen LogP contribution is 2.35. The number of para-hydroxylation sites is 1. The van der Waals surface area contributed by atoms with E-state index in [4.69, 9.17) is 20.2 Å². The molecule has 3 aromatic rings. The highest BCUT2D eigenvalue weighted by Gasteiger charge is 2.18. The molecule has 0 radical (unpaired) electrons. The van der Waals surface area contributed by atoms with Gasteiger partial charge in [-0.25, -0.2) is 4.98 Å². The van der Waals surface area contributed by atoms with Crippen LogP contribution in [0, 0.1) is 0 Å². The Hall–Kier alpha value is -2.54. The summed E-state index contributed by atoms with van der Waals surface area (Å²) in [5.74, 6) is 1.24. The van der Waals surface area contributed by atoms with E-state index < -0.39 is 5.54 Å². The number of rotatable bonds is 4. The van der Waals surface area contributed by atoms with E-state index in [9.17, 15) is 4.79 Å². The second-order valence-corrected chi connectivity index (χ2v) is 7.60. The lowest BCUT2D eigenvalue weighted by Crippen LogP contribution is -2.45. The number of pyridine rings is 1. The summed E-state index contributed by atoms with van der Waals surface area (Å²) >= 11 is 0. The SMILES string of the molecule is CC(C)(N)CNC(=O)c1cc(-c2ccc3c(c2)OCCO3)nc2ccccc12.Cl.Cl. The first-order valence-electron chi connectivity index (χ1n) is 9.28. The van der Waals surface area contributed by atoms with E-state index in [2.05, 4.69) is 5.32 Å². The van der Waals surface area contributed by atoms with Gasteiger partial charge in [0.05, 0.1) is 16.8 Å². The number of ether oxygens (including phenoxy) is 2. The van der Waals surface area contributed by atoms with Crippen molar-refractivity contribution in [3.8, 4) is 22.8 Å². The molecule has 30 heavy (non-hydrogen) atoms. The average Bonchev–Trinajstić information content (AvgIpc) is 2.70. The Balaban J connectivity index is 0.00000160. The number of nitrogens with zero attached hydrogens (tertiary/aromatic N) is 1. The highest BCUT2D eigenvalue weighted by molar-refractivity contribution is 6.07. The summed E-state index contributed by atoms with van der Waals surface area (Å²) in [5.41, 5.74) is 8.41. The molecule has 0 unspecified atom stereocenters. The van der Waals surface area contributed by atoms with Crippen LogP contribution in [-0.4, -0.2) is 36.2 Å². The number of benzene rings is 2. The maximum Gasteiger partial charge on any atom is 0.252 e. The lowest BCUT2D eigenvalue weighted by atomic mass is 10.0. The van der Waals surface area contributed by atoms with Crippen LogP contribution in [0.15, 0.2) is 48.5 Å². The zero-order valence-electron chi connectivity index (χ0n) is 16.8. The number of halogens is 2. The standard InChI is InChI=1S/C22H23N3O3.2ClH/c1-22(2,23)13-24-21(26)16-12-18(25-17-6-4-3-5-15(16)17)14-7-8-19-20(11-14)28-10-9-27-19;;/h3-8,11-12H,9-10,13,23H2,1-2H3,(H,24,26);2*1H. The molecule has 0 bridgehead atoms. The second-order valence-electron chi connectivity index (χ2n) is 7.60. The van der Waals surface area contributed by atoms with Crippen LogP contribution < -0.4 is 20.5 Å². The van der Waals surface area contributed by atoms with Crippen molar-refractivity contribution in [2.75, 3.05) is 19.8 Å². The van der Waals surface area contributed by atoms with Crippen molar-refractivity contribution >= 4 is 41.6 Å². The molecule has 0 saturated carbocycles. The van der Waals surface area contributed by atoms with E-state index in [1.807, 2.05) is 62.4 Å². The number of nitrogens with two attached hydrogens (primary N) is 1. The van der Waals surface area contributed by atoms with E-state index in [1.54, 1.807) is 0 Å². The fourth-order valence-electron chi connectivity index (χ4n) is 3.12. The smallest absolute Gasteiger partial charge is 0.252 e. The van der Waals surface area contributed by atoms with Gasteiger partial charge < -0.3 is 20.5 Å². The Morgan fingerprint density at radius 3 is 2.50 bits per heavy atom. The van der Waals surface area contributed by atoms with Crippen molar-refractivity contribution in [3.63, 3.8) is 0 Å². The monoisotopic (exact) mass is 449 g/mol. The fourth-order valence-corrected chi connectivity index (χ4v) is 3.12. The normalized spacial score (nSPS) is 12.5. The lowest BCUT2D eigenvalue weighted by molar-refractivity contribution is 0.0947. The summed E-state index contributed by atoms with van der Waals surface area (Å²) in [6.45, 7) is 5.19. The molecule has 0 saturated heterocycles. The Morgan fingerprint density at radius 1 is 1.07 bits per heavy atom. The number of aromatic nitrogens is 1. The van der Waals surface area contributed by atoms with E-state index in [1.165, 1.54) is 0 Å². The summed E-state index contributed by atoms with van der Waals surface area (Å²) < 4.78 is 11.3. The van der Waals surface area contributed by atoms with Crippen molar-refractivity contribution in [1.82, 2.24) is 10.3 Å². The minimum absolute atomic E-state index is 0. The third-order valence-electron chi connectivity index (χ3n) is 4.50. The number of carbonyl (C=O) groups excluding carboxylic acids is 1. The molecule has 4 rings (SSSR count). The Bertz CT molecular complexity index is 1050. The lowest BCUT2D eigenvalue weighted by Gasteiger charge is -2.20. The van der Waals surface area contributed by atoms with Crippen LogP contribution in [0.5, 0.6) is 11.5 Å². The van der Waals surface area contributed by atoms with Crippen LogP contribution in [0.2, 0.25) is 0 Å². The van der Waals surface area contributed by atoms with Gasteiger partial charge in [-0.05, 0) is 44.2 Å². The molecule has 3 N–H and O–H groups in total. The van der Waals surface area contributed by atoms with Gasteiger partial charge >= 0.3 is 0 Å². The predicted octanol–water partition coefficient (Wildman–Crippen LogP) is 3.98. The molecule has 2 aromatic carbocycles. The van der Waals surface area contributed by atoms with Crippen molar-refractivity contribution < 1.29 is 14.3 Å². The average molecular weight is 450 g/mol. The topological polar surface area (TPSA) is 86.5 Å². The Morgan fingerprint density at radius 2 is 1.77 bits per heavy atom. The molecule has 0 aliphatic carbocycles. The molecule has 2 heterocycles. The van der Waals surface area contributed by atoms with Crippen LogP contribution in [-0.2, 0) is 0 Å². The maximum absolute atomic E-state index is 12.9. The van der Waals surface area contributed by atoms with E-state index >= 15 is 0 Å². The third kappa shape index (κ3) is 5.14. The van der Waals surface area contributed by atoms with Gasteiger partial charge in [0.1, 0.15) is 13.2 Å². The zero-order valence-corrected chi connectivity index (χ0v) is 18.4. The number of hydrogen-bond donors (Lipinski definition) is 2. The van der Waals surface area contributed by atoms with Crippen molar-refractivity contribution in [3.05, 3.63) is 54.1 Å². The van der Waals surface area contributed by atoms with E-state index in [0.717, 1.165) is 22.2 Å². The summed E-state index contributed by atoms with van der Waals surface area (Å²) in [6.07, 6.45) is 0. The van der Waals surface area contributed by atoms with Crippen LogP contribution in [0.25, 0.3) is 22.2 Å². The first-order valence-corrected chi connectivity index (χ1v) is 9.28. The molecular weight excluding hydrogens is 425 g/mol. The summed E-state index contributed by atoms with van der Waals surface area (Å²) in [7, 11) is 0. The molecule has 8 heteroatoms. The molecule has 1 aliphatic rings. The largest absolute Gasteiger partial charge is 0.486 e. The van der Waals surface area contributed by atoms with Crippen molar-refractivity contribution in [2.45, 2.75) is 19.4 Å². The van der Waals surface area contributed by atoms with Gasteiger partial charge in [0.15, 0.2) is 11.5 Å². The molecule has 0 atom stereocenters. The Kier molecular flexibility index (Phi) is 7.53. The molecule has 1 aliphatic heterocycles. The number of hydrogen-bond acceptors (Lipinski definition) is 5. The van der Waals surface area contributed by atoms with Gasteiger partial charge in [-0.3, -0.25) is 4.79 Å². The first kappa shape index (κ1) is 23.7.